The lowest BCUT2D eigenvalue weighted by molar-refractivity contribution is 0.795. The zero-order valence-electron chi connectivity index (χ0n) is 7.65. The van der Waals surface area contributed by atoms with Crippen LogP contribution in [-0.2, 0) is 6.54 Å². The van der Waals surface area contributed by atoms with Crippen molar-refractivity contribution in [3.8, 4) is 0 Å². The number of nitrogens with one attached hydrogen (secondary N) is 2. The number of aromatic amines is 1. The summed E-state index contributed by atoms with van der Waals surface area (Å²) in [5.74, 6) is 0.838. The first-order valence-corrected chi connectivity index (χ1v) is 5.51. The number of aryl methyl sites for hydroxylation is 1. The molecular formula is C8H10N4S2. The molecule has 4 nitrogen and oxygen atoms in total. The van der Waals surface area contributed by atoms with Crippen molar-refractivity contribution in [2.75, 3.05) is 5.43 Å². The third kappa shape index (κ3) is 1.85. The maximum Gasteiger partial charge on any atom is 0.214 e. The van der Waals surface area contributed by atoms with Crippen LogP contribution in [0.4, 0.5) is 0 Å². The maximum atomic E-state index is 5.05. The molecule has 0 aliphatic carbocycles. The van der Waals surface area contributed by atoms with Crippen LogP contribution in [0.25, 0.3) is 0 Å². The minimum absolute atomic E-state index is 0.595. The van der Waals surface area contributed by atoms with Crippen LogP contribution in [0.1, 0.15) is 11.4 Å². The van der Waals surface area contributed by atoms with Gasteiger partial charge < -0.3 is 5.43 Å². The summed E-state index contributed by atoms with van der Waals surface area (Å²) >= 11 is 6.74. The minimum Gasteiger partial charge on any atom is -0.318 e. The fourth-order valence-corrected chi connectivity index (χ4v) is 2.04. The zero-order valence-corrected chi connectivity index (χ0v) is 9.28. The Labute approximate surface area is 90.6 Å². The van der Waals surface area contributed by atoms with Gasteiger partial charge in [0.1, 0.15) is 5.82 Å². The number of H-pyrrole nitrogens is 1. The minimum atomic E-state index is 0.595. The number of thiophene rings is 1. The Morgan fingerprint density at radius 2 is 2.57 bits per heavy atom. The fourth-order valence-electron chi connectivity index (χ4n) is 1.13. The van der Waals surface area contributed by atoms with E-state index in [-0.39, 0.29) is 0 Å². The first-order chi connectivity index (χ1) is 6.77. The molecule has 0 spiro atoms. The lowest BCUT2D eigenvalue weighted by atomic mass is 10.3. The molecule has 2 aromatic rings. The summed E-state index contributed by atoms with van der Waals surface area (Å²) in [6, 6.07) is 2.08. The Kier molecular flexibility index (Phi) is 2.64. The van der Waals surface area contributed by atoms with E-state index in [0.717, 1.165) is 12.4 Å². The van der Waals surface area contributed by atoms with Crippen LogP contribution in [0.3, 0.4) is 0 Å². The van der Waals surface area contributed by atoms with Gasteiger partial charge in [0.25, 0.3) is 0 Å². The van der Waals surface area contributed by atoms with Crippen LogP contribution in [0.2, 0.25) is 0 Å². The van der Waals surface area contributed by atoms with E-state index >= 15 is 0 Å². The van der Waals surface area contributed by atoms with Gasteiger partial charge in [-0.3, -0.25) is 5.10 Å². The highest BCUT2D eigenvalue weighted by atomic mass is 32.1. The van der Waals surface area contributed by atoms with E-state index in [1.54, 1.807) is 16.0 Å². The molecule has 0 aliphatic heterocycles. The monoisotopic (exact) mass is 226 g/mol. The summed E-state index contributed by atoms with van der Waals surface area (Å²) < 4.78 is 2.37. The third-order valence-electron chi connectivity index (χ3n) is 1.86. The van der Waals surface area contributed by atoms with Gasteiger partial charge in [-0.15, -0.1) is 0 Å². The van der Waals surface area contributed by atoms with Crippen LogP contribution in [-0.4, -0.2) is 14.9 Å². The van der Waals surface area contributed by atoms with Crippen molar-refractivity contribution in [3.05, 3.63) is 33.0 Å². The fraction of sp³-hybridized carbons (Fsp3) is 0.250. The molecule has 0 bridgehead atoms. The van der Waals surface area contributed by atoms with E-state index in [0.29, 0.717) is 4.77 Å². The van der Waals surface area contributed by atoms with Gasteiger partial charge in [-0.25, -0.2) is 4.68 Å². The summed E-state index contributed by atoms with van der Waals surface area (Å²) in [5.41, 5.74) is 4.44. The van der Waals surface area contributed by atoms with Crippen molar-refractivity contribution in [3.63, 3.8) is 0 Å². The summed E-state index contributed by atoms with van der Waals surface area (Å²) in [6.45, 7) is 2.66. The van der Waals surface area contributed by atoms with Gasteiger partial charge in [-0.05, 0) is 41.5 Å². The molecule has 0 atom stereocenters. The molecule has 14 heavy (non-hydrogen) atoms. The Hall–Kier alpha value is -1.14. The first-order valence-electron chi connectivity index (χ1n) is 4.16. The predicted molar refractivity (Wildman–Crippen MR) is 59.5 cm³/mol. The van der Waals surface area contributed by atoms with Gasteiger partial charge in [-0.1, -0.05) is 0 Å². The molecule has 0 saturated heterocycles. The average Bonchev–Trinajstić information content (AvgIpc) is 2.76. The standard InChI is InChI=1S/C8H10N4S2/c1-6-10-11-8(13)12(6)9-4-7-2-3-14-5-7/h2-3,5,9H,4H2,1H3,(H,11,13). The molecule has 2 N–H and O–H groups in total. The summed E-state index contributed by atoms with van der Waals surface area (Å²) in [6.07, 6.45) is 0. The molecule has 0 unspecified atom stereocenters. The lowest BCUT2D eigenvalue weighted by Gasteiger charge is -2.05. The molecule has 74 valence electrons. The van der Waals surface area contributed by atoms with Gasteiger partial charge in [0.05, 0.1) is 6.54 Å². The van der Waals surface area contributed by atoms with Gasteiger partial charge >= 0.3 is 0 Å². The molecule has 0 radical (unpaired) electrons. The number of hydrogen-bond acceptors (Lipinski definition) is 4. The summed E-state index contributed by atoms with van der Waals surface area (Å²) in [5, 5.41) is 10.9. The van der Waals surface area contributed by atoms with Crippen LogP contribution < -0.4 is 5.43 Å². The Balaban J connectivity index is 2.09. The highest BCUT2D eigenvalue weighted by molar-refractivity contribution is 7.71. The highest BCUT2D eigenvalue weighted by Crippen LogP contribution is 2.05. The molecule has 2 aromatic heterocycles. The van der Waals surface area contributed by atoms with Gasteiger partial charge in [-0.2, -0.15) is 16.4 Å². The maximum absolute atomic E-state index is 5.05. The van der Waals surface area contributed by atoms with E-state index in [9.17, 15) is 0 Å². The van der Waals surface area contributed by atoms with E-state index in [4.69, 9.17) is 12.2 Å². The normalized spacial score (nSPS) is 10.4. The molecule has 0 aromatic carbocycles. The second kappa shape index (κ2) is 3.93. The number of nitrogens with zero attached hydrogens (tertiary/aromatic N) is 2. The highest BCUT2D eigenvalue weighted by Gasteiger charge is 1.99. The van der Waals surface area contributed by atoms with Crippen LogP contribution >= 0.6 is 23.6 Å². The van der Waals surface area contributed by atoms with Crippen LogP contribution in [0, 0.1) is 11.7 Å². The molecule has 0 aliphatic rings. The number of rotatable bonds is 3. The van der Waals surface area contributed by atoms with Crippen molar-refractivity contribution >= 4 is 23.6 Å². The van der Waals surface area contributed by atoms with Gasteiger partial charge in [0.2, 0.25) is 4.77 Å². The molecular weight excluding hydrogens is 216 g/mol. The smallest absolute Gasteiger partial charge is 0.214 e. The number of aromatic nitrogens is 3. The van der Waals surface area contributed by atoms with Crippen molar-refractivity contribution in [2.24, 2.45) is 0 Å². The zero-order chi connectivity index (χ0) is 9.97. The van der Waals surface area contributed by atoms with Crippen molar-refractivity contribution in [1.82, 2.24) is 14.9 Å². The second-order valence-electron chi connectivity index (χ2n) is 2.88. The molecule has 0 fully saturated rings. The van der Waals surface area contributed by atoms with E-state index in [1.807, 2.05) is 6.92 Å². The van der Waals surface area contributed by atoms with Crippen LogP contribution in [0.5, 0.6) is 0 Å². The SMILES string of the molecule is Cc1n[nH]c(=S)n1NCc1ccsc1. The Bertz CT molecular complexity index is 454. The van der Waals surface area contributed by atoms with E-state index in [2.05, 4.69) is 32.4 Å². The lowest BCUT2D eigenvalue weighted by Crippen LogP contribution is -2.15. The number of hydrogen-bond donors (Lipinski definition) is 2. The summed E-state index contributed by atoms with van der Waals surface area (Å²) in [7, 11) is 0. The topological polar surface area (TPSA) is 45.6 Å². The Morgan fingerprint density at radius 1 is 1.71 bits per heavy atom. The van der Waals surface area contributed by atoms with Gasteiger partial charge in [0, 0.05) is 0 Å². The van der Waals surface area contributed by atoms with Crippen LogP contribution in [0.15, 0.2) is 16.8 Å². The van der Waals surface area contributed by atoms with Gasteiger partial charge in [0.15, 0.2) is 0 Å². The predicted octanol–water partition coefficient (Wildman–Crippen LogP) is 2.05. The van der Waals surface area contributed by atoms with Crippen molar-refractivity contribution < 1.29 is 0 Å². The molecule has 2 heterocycles. The average molecular weight is 226 g/mol. The van der Waals surface area contributed by atoms with E-state index < -0.39 is 0 Å². The molecule has 0 saturated carbocycles. The molecule has 6 heteroatoms. The first kappa shape index (κ1) is 9.42. The van der Waals surface area contributed by atoms with Crippen molar-refractivity contribution in [1.29, 1.82) is 0 Å². The molecule has 0 amide bonds. The molecule has 2 rings (SSSR count). The summed E-state index contributed by atoms with van der Waals surface area (Å²) in [4.78, 5) is 0. The van der Waals surface area contributed by atoms with Crippen molar-refractivity contribution in [2.45, 2.75) is 13.5 Å². The largest absolute Gasteiger partial charge is 0.318 e. The third-order valence-corrected chi connectivity index (χ3v) is 2.87. The quantitative estimate of drug-likeness (QED) is 0.787. The second-order valence-corrected chi connectivity index (χ2v) is 4.04. The van der Waals surface area contributed by atoms with E-state index in [1.165, 1.54) is 5.56 Å². The Morgan fingerprint density at radius 3 is 3.14 bits per heavy atom.